The van der Waals surface area contributed by atoms with Gasteiger partial charge in [-0.2, -0.15) is 5.26 Å². The first-order valence-corrected chi connectivity index (χ1v) is 10.2. The van der Waals surface area contributed by atoms with Gasteiger partial charge in [0.2, 0.25) is 0 Å². The minimum Gasteiger partial charge on any atom is -0.366 e. The Bertz CT molecular complexity index is 1040. The second-order valence-electron chi connectivity index (χ2n) is 6.88. The van der Waals surface area contributed by atoms with E-state index in [9.17, 15) is 0 Å². The third-order valence-corrected chi connectivity index (χ3v) is 5.60. The third-order valence-electron chi connectivity index (χ3n) is 4.75. The molecule has 0 aliphatic carbocycles. The molecule has 0 aliphatic rings. The Morgan fingerprint density at radius 1 is 1.13 bits per heavy atom. The first-order valence-electron chi connectivity index (χ1n) is 9.29. The summed E-state index contributed by atoms with van der Waals surface area (Å²) in [4.78, 5) is 11.5. The van der Waals surface area contributed by atoms with Gasteiger partial charge in [-0.25, -0.2) is 9.98 Å². The number of nitriles is 1. The molecule has 0 fully saturated rings. The predicted molar refractivity (Wildman–Crippen MR) is 132 cm³/mol. The number of hydrogen-bond acceptors (Lipinski definition) is 4. The molecule has 0 saturated carbocycles. The van der Waals surface area contributed by atoms with Gasteiger partial charge in [0, 0.05) is 31.0 Å². The predicted octanol–water partition coefficient (Wildman–Crippen LogP) is 6.34. The number of hydrogen-bond donors (Lipinski definition) is 0. The molecule has 1 heterocycles. The zero-order valence-electron chi connectivity index (χ0n) is 17.5. The van der Waals surface area contributed by atoms with Crippen LogP contribution < -0.4 is 0 Å². The summed E-state index contributed by atoms with van der Waals surface area (Å²) in [5.74, 6) is 0. The molecule has 0 amide bonds. The van der Waals surface area contributed by atoms with E-state index in [1.807, 2.05) is 37.7 Å². The van der Waals surface area contributed by atoms with Gasteiger partial charge >= 0.3 is 0 Å². The van der Waals surface area contributed by atoms with Crippen LogP contribution in [0.1, 0.15) is 34.2 Å². The summed E-state index contributed by atoms with van der Waals surface area (Å²) < 4.78 is 0. The van der Waals surface area contributed by atoms with E-state index in [1.165, 1.54) is 16.7 Å². The fourth-order valence-electron chi connectivity index (χ4n) is 2.84. The van der Waals surface area contributed by atoms with Crippen LogP contribution in [0.3, 0.4) is 0 Å². The number of nitrogens with zero attached hydrogens (tertiary/aromatic N) is 4. The number of benzene rings is 2. The Kier molecular flexibility index (Phi) is 10.0. The monoisotopic (exact) mass is 460 g/mol. The van der Waals surface area contributed by atoms with Gasteiger partial charge in [-0.1, -0.05) is 18.2 Å². The van der Waals surface area contributed by atoms with Gasteiger partial charge < -0.3 is 4.90 Å². The lowest BCUT2D eigenvalue weighted by atomic mass is 10.0. The zero-order valence-corrected chi connectivity index (χ0v) is 20.0. The zero-order chi connectivity index (χ0) is 20.1. The summed E-state index contributed by atoms with van der Waals surface area (Å²) in [6.45, 7) is 7.27. The van der Waals surface area contributed by atoms with E-state index >= 15 is 0 Å². The number of aromatic nitrogens is 1. The number of rotatable bonds is 6. The highest BCUT2D eigenvalue weighted by atomic mass is 35.5. The molecule has 0 aliphatic heterocycles. The van der Waals surface area contributed by atoms with Crippen molar-refractivity contribution in [2.45, 2.75) is 27.2 Å². The van der Waals surface area contributed by atoms with Gasteiger partial charge in [-0.15, -0.1) is 36.2 Å². The molecule has 0 radical (unpaired) electrons. The van der Waals surface area contributed by atoms with Gasteiger partial charge in [0.15, 0.2) is 0 Å². The smallest absolute Gasteiger partial charge is 0.0991 e. The summed E-state index contributed by atoms with van der Waals surface area (Å²) in [6, 6.07) is 14.1. The molecule has 4 nitrogen and oxygen atoms in total. The summed E-state index contributed by atoms with van der Waals surface area (Å²) in [6.07, 6.45) is 2.69. The number of halogens is 2. The van der Waals surface area contributed by atoms with E-state index in [-0.39, 0.29) is 24.8 Å². The van der Waals surface area contributed by atoms with Gasteiger partial charge in [-0.05, 0) is 55.7 Å². The van der Waals surface area contributed by atoms with Crippen LogP contribution in [0.25, 0.3) is 11.3 Å². The summed E-state index contributed by atoms with van der Waals surface area (Å²) in [5, 5.41) is 12.1. The normalized spacial score (nSPS) is 10.2. The van der Waals surface area contributed by atoms with Crippen LogP contribution in [0.5, 0.6) is 0 Å². The van der Waals surface area contributed by atoms with Gasteiger partial charge in [0.25, 0.3) is 0 Å². The van der Waals surface area contributed by atoms with E-state index in [0.29, 0.717) is 5.56 Å². The van der Waals surface area contributed by atoms with Crippen LogP contribution in [-0.4, -0.2) is 29.8 Å². The fourth-order valence-corrected chi connectivity index (χ4v) is 3.66. The van der Waals surface area contributed by atoms with Crippen LogP contribution in [0.4, 0.5) is 5.69 Å². The van der Waals surface area contributed by atoms with Crippen molar-refractivity contribution in [3.05, 3.63) is 69.0 Å². The highest BCUT2D eigenvalue weighted by Crippen LogP contribution is 2.28. The molecule has 0 atom stereocenters. The van der Waals surface area contributed by atoms with Crippen molar-refractivity contribution >= 4 is 48.2 Å². The van der Waals surface area contributed by atoms with Gasteiger partial charge in [0.1, 0.15) is 0 Å². The van der Waals surface area contributed by atoms with Crippen molar-refractivity contribution in [3.63, 3.8) is 0 Å². The summed E-state index contributed by atoms with van der Waals surface area (Å²) in [5.41, 5.74) is 7.36. The molecule has 0 N–H and O–H groups in total. The number of aryl methyl sites for hydroxylation is 2. The molecule has 3 rings (SSSR count). The summed E-state index contributed by atoms with van der Waals surface area (Å²) in [7, 11) is 2.02. The first-order chi connectivity index (χ1) is 13.5. The lowest BCUT2D eigenvalue weighted by molar-refractivity contribution is 0.552. The molecule has 158 valence electrons. The van der Waals surface area contributed by atoms with Crippen LogP contribution in [0.2, 0.25) is 0 Å². The van der Waals surface area contributed by atoms with Crippen molar-refractivity contribution in [1.29, 1.82) is 5.26 Å². The Labute approximate surface area is 195 Å². The Morgan fingerprint density at radius 3 is 2.47 bits per heavy atom. The highest BCUT2D eigenvalue weighted by Gasteiger charge is 2.09. The molecule has 0 saturated heterocycles. The minimum atomic E-state index is 0. The first kappa shape index (κ1) is 25.6. The molecule has 0 bridgehead atoms. The largest absolute Gasteiger partial charge is 0.366 e. The fraction of sp³-hybridized carbons (Fsp3) is 0.261. The van der Waals surface area contributed by atoms with Crippen molar-refractivity contribution in [2.75, 3.05) is 13.6 Å². The third kappa shape index (κ3) is 6.30. The van der Waals surface area contributed by atoms with Crippen LogP contribution in [0, 0.1) is 25.2 Å². The van der Waals surface area contributed by atoms with Crippen LogP contribution >= 0.6 is 36.2 Å². The topological polar surface area (TPSA) is 52.3 Å². The van der Waals surface area contributed by atoms with E-state index in [2.05, 4.69) is 54.2 Å². The lowest BCUT2D eigenvalue weighted by Gasteiger charge is -2.11. The molecule has 30 heavy (non-hydrogen) atoms. The van der Waals surface area contributed by atoms with Crippen LogP contribution in [0.15, 0.2) is 46.8 Å². The van der Waals surface area contributed by atoms with Crippen molar-refractivity contribution in [2.24, 2.45) is 4.99 Å². The molecular formula is C23H26Cl2N4S. The van der Waals surface area contributed by atoms with Gasteiger partial charge in [0.05, 0.1) is 34.4 Å². The highest BCUT2D eigenvalue weighted by molar-refractivity contribution is 7.10. The standard InChI is InChI=1S/C23H24N4S.2ClH/c1-5-27(4)15-25-21-11-16(2)20(10-17(21)3)12-23-26-22(14-28-23)19-8-6-18(13-24)7-9-19;;/h6-11,14-15H,5,12H2,1-4H3;2*1H/b25-15-;;. The molecule has 3 aromatic rings. The Morgan fingerprint density at radius 2 is 1.83 bits per heavy atom. The average Bonchev–Trinajstić information content (AvgIpc) is 3.17. The van der Waals surface area contributed by atoms with E-state index < -0.39 is 0 Å². The SMILES string of the molecule is CCN(C)/C=N\c1cc(C)c(Cc2nc(-c3ccc(C#N)cc3)cs2)cc1C.Cl.Cl. The van der Waals surface area contributed by atoms with E-state index in [4.69, 9.17) is 10.2 Å². The molecule has 7 heteroatoms. The lowest BCUT2D eigenvalue weighted by Crippen LogP contribution is -2.14. The molecule has 1 aromatic heterocycles. The van der Waals surface area contributed by atoms with Crippen molar-refractivity contribution < 1.29 is 0 Å². The van der Waals surface area contributed by atoms with E-state index in [0.717, 1.165) is 34.9 Å². The maximum atomic E-state index is 8.93. The average molecular weight is 461 g/mol. The molecule has 0 unspecified atom stereocenters. The molecule has 0 spiro atoms. The second-order valence-corrected chi connectivity index (χ2v) is 7.82. The van der Waals surface area contributed by atoms with Crippen molar-refractivity contribution in [3.8, 4) is 17.3 Å². The quantitative estimate of drug-likeness (QED) is 0.318. The maximum absolute atomic E-state index is 8.93. The van der Waals surface area contributed by atoms with E-state index in [1.54, 1.807) is 11.3 Å². The second kappa shape index (κ2) is 11.7. The maximum Gasteiger partial charge on any atom is 0.0991 e. The number of aliphatic imine (C=N–C) groups is 1. The minimum absolute atomic E-state index is 0. The number of thiazole rings is 1. The Balaban J connectivity index is 0.00000225. The molecule has 2 aromatic carbocycles. The van der Waals surface area contributed by atoms with Crippen LogP contribution in [-0.2, 0) is 6.42 Å². The van der Waals surface area contributed by atoms with Gasteiger partial charge in [-0.3, -0.25) is 0 Å². The molecular weight excluding hydrogens is 435 g/mol. The Hall–Kier alpha value is -2.39. The van der Waals surface area contributed by atoms with Crippen molar-refractivity contribution in [1.82, 2.24) is 9.88 Å². The summed E-state index contributed by atoms with van der Waals surface area (Å²) >= 11 is 1.67.